The summed E-state index contributed by atoms with van der Waals surface area (Å²) in [4.78, 5) is 0. The highest BCUT2D eigenvalue weighted by atomic mass is 35.5. The molecule has 1 aromatic heterocycles. The molecule has 0 saturated carbocycles. The van der Waals surface area contributed by atoms with Crippen molar-refractivity contribution in [1.29, 1.82) is 0 Å². The number of halogens is 2. The molecule has 2 aromatic rings. The second kappa shape index (κ2) is 5.61. The number of nitrogens with one attached hydrogen (secondary N) is 1. The fourth-order valence-corrected chi connectivity index (χ4v) is 1.42. The predicted molar refractivity (Wildman–Crippen MR) is 69.7 cm³/mol. The molecule has 0 bridgehead atoms. The summed E-state index contributed by atoms with van der Waals surface area (Å²) >= 11 is 11.6. The van der Waals surface area contributed by atoms with Crippen LogP contribution in [0.15, 0.2) is 41.6 Å². The van der Waals surface area contributed by atoms with Gasteiger partial charge in [-0.15, -0.1) is 5.10 Å². The summed E-state index contributed by atoms with van der Waals surface area (Å²) in [5.74, 6) is 0. The first-order valence-electron chi connectivity index (χ1n) is 4.78. The van der Waals surface area contributed by atoms with Gasteiger partial charge in [-0.3, -0.25) is 5.43 Å². The summed E-state index contributed by atoms with van der Waals surface area (Å²) in [5.41, 5.74) is 4.24. The standard InChI is InChI=1S/C11H8Cl2N4/c12-10-9(7-15-17-11(10)13)16-14-6-8-4-2-1-3-5-8/h1-7H,(H,16,17)/b14-6+. The quantitative estimate of drug-likeness (QED) is 0.686. The Hall–Kier alpha value is -1.65. The molecule has 86 valence electrons. The van der Waals surface area contributed by atoms with E-state index in [-0.39, 0.29) is 5.15 Å². The minimum Gasteiger partial charge on any atom is -0.275 e. The fourth-order valence-electron chi connectivity index (χ4n) is 1.14. The maximum atomic E-state index is 5.90. The highest BCUT2D eigenvalue weighted by molar-refractivity contribution is 6.42. The molecule has 1 N–H and O–H groups in total. The Kier molecular flexibility index (Phi) is 3.90. The maximum absolute atomic E-state index is 5.90. The SMILES string of the molecule is Clc1nncc(N/N=C/c2ccccc2)c1Cl. The van der Waals surface area contributed by atoms with Gasteiger partial charge in [0.2, 0.25) is 0 Å². The number of aromatic nitrogens is 2. The van der Waals surface area contributed by atoms with Crippen molar-refractivity contribution < 1.29 is 0 Å². The molecule has 1 aromatic carbocycles. The van der Waals surface area contributed by atoms with Gasteiger partial charge in [-0.1, -0.05) is 53.5 Å². The van der Waals surface area contributed by atoms with Crippen LogP contribution in [-0.4, -0.2) is 16.4 Å². The van der Waals surface area contributed by atoms with Crippen LogP contribution >= 0.6 is 23.2 Å². The molecule has 0 radical (unpaired) electrons. The molecule has 0 amide bonds. The first-order chi connectivity index (χ1) is 8.27. The Morgan fingerprint density at radius 1 is 1.18 bits per heavy atom. The number of hydrazone groups is 1. The Labute approximate surface area is 108 Å². The topological polar surface area (TPSA) is 50.2 Å². The van der Waals surface area contributed by atoms with Crippen molar-refractivity contribution in [2.75, 3.05) is 5.43 Å². The molecule has 17 heavy (non-hydrogen) atoms. The number of hydrogen-bond acceptors (Lipinski definition) is 4. The van der Waals surface area contributed by atoms with Crippen LogP contribution in [0.3, 0.4) is 0 Å². The summed E-state index contributed by atoms with van der Waals surface area (Å²) in [6.45, 7) is 0. The summed E-state index contributed by atoms with van der Waals surface area (Å²) in [6.07, 6.45) is 3.13. The zero-order valence-corrected chi connectivity index (χ0v) is 10.2. The largest absolute Gasteiger partial charge is 0.275 e. The Bertz CT molecular complexity index is 528. The Balaban J connectivity index is 2.08. The zero-order valence-electron chi connectivity index (χ0n) is 8.64. The van der Waals surface area contributed by atoms with E-state index in [4.69, 9.17) is 23.2 Å². The highest BCUT2D eigenvalue weighted by Crippen LogP contribution is 2.26. The lowest BCUT2D eigenvalue weighted by Gasteiger charge is -2.02. The predicted octanol–water partition coefficient (Wildman–Crippen LogP) is 3.23. The van der Waals surface area contributed by atoms with Crippen LogP contribution in [0.5, 0.6) is 0 Å². The molecule has 4 nitrogen and oxygen atoms in total. The lowest BCUT2D eigenvalue weighted by molar-refractivity contribution is 1.03. The van der Waals surface area contributed by atoms with E-state index in [2.05, 4.69) is 20.7 Å². The first-order valence-corrected chi connectivity index (χ1v) is 5.54. The number of anilines is 1. The van der Waals surface area contributed by atoms with Gasteiger partial charge in [0.25, 0.3) is 0 Å². The van der Waals surface area contributed by atoms with Crippen molar-refractivity contribution in [3.63, 3.8) is 0 Å². The average Bonchev–Trinajstić information content (AvgIpc) is 2.36. The molecule has 0 saturated heterocycles. The lowest BCUT2D eigenvalue weighted by Crippen LogP contribution is -1.94. The van der Waals surface area contributed by atoms with Crippen molar-refractivity contribution >= 4 is 35.1 Å². The van der Waals surface area contributed by atoms with Gasteiger partial charge in [0.15, 0.2) is 5.15 Å². The van der Waals surface area contributed by atoms with Crippen molar-refractivity contribution in [1.82, 2.24) is 10.2 Å². The van der Waals surface area contributed by atoms with Crippen molar-refractivity contribution in [2.24, 2.45) is 5.10 Å². The van der Waals surface area contributed by atoms with Crippen molar-refractivity contribution in [2.45, 2.75) is 0 Å². The maximum Gasteiger partial charge on any atom is 0.172 e. The molecule has 0 atom stereocenters. The van der Waals surface area contributed by atoms with E-state index in [9.17, 15) is 0 Å². The molecule has 2 rings (SSSR count). The number of nitrogens with zero attached hydrogens (tertiary/aromatic N) is 3. The minimum atomic E-state index is 0.145. The lowest BCUT2D eigenvalue weighted by atomic mass is 10.2. The minimum absolute atomic E-state index is 0.145. The van der Waals surface area contributed by atoms with E-state index < -0.39 is 0 Å². The van der Waals surface area contributed by atoms with Crippen LogP contribution in [0.1, 0.15) is 5.56 Å². The Morgan fingerprint density at radius 2 is 1.94 bits per heavy atom. The van der Waals surface area contributed by atoms with Crippen LogP contribution in [0.2, 0.25) is 10.2 Å². The normalized spacial score (nSPS) is 10.7. The summed E-state index contributed by atoms with van der Waals surface area (Å²) in [6, 6.07) is 9.67. The summed E-state index contributed by atoms with van der Waals surface area (Å²) in [7, 11) is 0. The smallest absolute Gasteiger partial charge is 0.172 e. The zero-order chi connectivity index (χ0) is 12.1. The molecule has 0 aliphatic carbocycles. The monoisotopic (exact) mass is 266 g/mol. The molecule has 0 fully saturated rings. The van der Waals surface area contributed by atoms with E-state index in [1.54, 1.807) is 6.21 Å². The number of rotatable bonds is 3. The Morgan fingerprint density at radius 3 is 2.71 bits per heavy atom. The van der Waals surface area contributed by atoms with Gasteiger partial charge < -0.3 is 0 Å². The van der Waals surface area contributed by atoms with Crippen LogP contribution in [-0.2, 0) is 0 Å². The third-order valence-corrected chi connectivity index (χ3v) is 2.69. The molecule has 0 unspecified atom stereocenters. The third kappa shape index (κ3) is 3.15. The van der Waals surface area contributed by atoms with E-state index in [0.717, 1.165) is 5.56 Å². The van der Waals surface area contributed by atoms with Crippen LogP contribution < -0.4 is 5.43 Å². The number of benzene rings is 1. The number of hydrogen-bond donors (Lipinski definition) is 1. The summed E-state index contributed by atoms with van der Waals surface area (Å²) < 4.78 is 0. The van der Waals surface area contributed by atoms with Crippen LogP contribution in [0, 0.1) is 0 Å². The first kappa shape index (κ1) is 11.8. The van der Waals surface area contributed by atoms with Crippen LogP contribution in [0.25, 0.3) is 0 Å². The van der Waals surface area contributed by atoms with E-state index in [0.29, 0.717) is 10.7 Å². The van der Waals surface area contributed by atoms with Gasteiger partial charge in [0.05, 0.1) is 18.1 Å². The van der Waals surface area contributed by atoms with Crippen LogP contribution in [0.4, 0.5) is 5.69 Å². The van der Waals surface area contributed by atoms with Crippen molar-refractivity contribution in [3.8, 4) is 0 Å². The fraction of sp³-hybridized carbons (Fsp3) is 0. The second-order valence-electron chi connectivity index (χ2n) is 3.14. The third-order valence-electron chi connectivity index (χ3n) is 1.95. The second-order valence-corrected chi connectivity index (χ2v) is 3.88. The molecular weight excluding hydrogens is 259 g/mol. The van der Waals surface area contributed by atoms with Gasteiger partial charge in [0, 0.05) is 0 Å². The molecular formula is C11H8Cl2N4. The summed E-state index contributed by atoms with van der Waals surface area (Å²) in [5, 5.41) is 11.7. The molecule has 0 spiro atoms. The molecule has 0 aliphatic rings. The van der Waals surface area contributed by atoms with Crippen molar-refractivity contribution in [3.05, 3.63) is 52.3 Å². The molecule has 0 aliphatic heterocycles. The van der Waals surface area contributed by atoms with E-state index >= 15 is 0 Å². The highest BCUT2D eigenvalue weighted by Gasteiger charge is 2.04. The van der Waals surface area contributed by atoms with Gasteiger partial charge in [-0.25, -0.2) is 0 Å². The molecule has 6 heteroatoms. The average molecular weight is 267 g/mol. The van der Waals surface area contributed by atoms with E-state index in [1.165, 1.54) is 6.20 Å². The van der Waals surface area contributed by atoms with E-state index in [1.807, 2.05) is 30.3 Å². The van der Waals surface area contributed by atoms with Gasteiger partial charge in [-0.2, -0.15) is 10.2 Å². The van der Waals surface area contributed by atoms with Gasteiger partial charge >= 0.3 is 0 Å². The van der Waals surface area contributed by atoms with Gasteiger partial charge in [-0.05, 0) is 5.56 Å². The van der Waals surface area contributed by atoms with Gasteiger partial charge in [0.1, 0.15) is 5.02 Å². The molecule has 1 heterocycles.